The predicted octanol–water partition coefficient (Wildman–Crippen LogP) is 10.3. The summed E-state index contributed by atoms with van der Waals surface area (Å²) < 4.78 is 0. The second kappa shape index (κ2) is 23.3. The number of aromatic amines is 2. The Hall–Kier alpha value is -5.97. The summed E-state index contributed by atoms with van der Waals surface area (Å²) in [5.41, 5.74) is 8.03. The van der Waals surface area contributed by atoms with E-state index in [4.69, 9.17) is 9.82 Å². The lowest BCUT2D eigenvalue weighted by molar-refractivity contribution is -0.148. The Morgan fingerprint density at radius 2 is 1.43 bits per heavy atom. The van der Waals surface area contributed by atoms with Crippen molar-refractivity contribution in [2.75, 3.05) is 24.5 Å². The van der Waals surface area contributed by atoms with Gasteiger partial charge in [0.15, 0.2) is 0 Å². The highest BCUT2D eigenvalue weighted by molar-refractivity contribution is 6.03. The summed E-state index contributed by atoms with van der Waals surface area (Å²) in [6.07, 6.45) is 20.5. The third-order valence-corrected chi connectivity index (χ3v) is 10.3. The number of carbonyl (C=O) groups is 2. The molecule has 1 amide bonds. The van der Waals surface area contributed by atoms with Crippen LogP contribution < -0.4 is 10.2 Å². The third-order valence-electron chi connectivity index (χ3n) is 10.3. The number of H-pyrrole nitrogens is 2. The van der Waals surface area contributed by atoms with Gasteiger partial charge in [0.1, 0.15) is 5.82 Å². The van der Waals surface area contributed by atoms with Gasteiger partial charge in [-0.25, -0.2) is 14.8 Å². The number of unbranched alkanes of at least 4 members (excludes halogenated alkanes) is 9. The van der Waals surface area contributed by atoms with E-state index in [1.165, 1.54) is 57.1 Å². The fourth-order valence-corrected chi connectivity index (χ4v) is 6.88. The highest BCUT2D eigenvalue weighted by Gasteiger charge is 2.28. The quantitative estimate of drug-likeness (QED) is 0.0427. The van der Waals surface area contributed by atoms with Crippen LogP contribution in [0.15, 0.2) is 103 Å². The number of carboxylic acids is 1. The van der Waals surface area contributed by atoms with Crippen LogP contribution in [-0.4, -0.2) is 68.4 Å². The number of anilines is 1. The molecule has 11 heteroatoms. The van der Waals surface area contributed by atoms with Gasteiger partial charge in [-0.1, -0.05) is 118 Å². The second-order valence-corrected chi connectivity index (χ2v) is 14.5. The van der Waals surface area contributed by atoms with Crippen LogP contribution in [0.1, 0.15) is 103 Å². The summed E-state index contributed by atoms with van der Waals surface area (Å²) >= 11 is 0. The van der Waals surface area contributed by atoms with Gasteiger partial charge < -0.3 is 30.1 Å². The Balaban J connectivity index is 0.00000119. The van der Waals surface area contributed by atoms with Crippen LogP contribution in [0.25, 0.3) is 40.0 Å². The van der Waals surface area contributed by atoms with Crippen molar-refractivity contribution in [3.63, 3.8) is 0 Å². The zero-order valence-corrected chi connectivity index (χ0v) is 34.3. The normalized spacial score (nSPS) is 13.4. The number of benzene rings is 3. The molecule has 11 nitrogen and oxygen atoms in total. The lowest BCUT2D eigenvalue weighted by atomic mass is 10.00. The highest BCUT2D eigenvalue weighted by Crippen LogP contribution is 2.34. The minimum atomic E-state index is -1.02. The standard InChI is InChI=1S/C44H55N5O4.C3H4N2/c1-4-7-8-9-10-11-12-13-14-15-30-45-40(50)29-18-32-16-19-34(20-17-32)41-42(35-23-21-33(22-24-35)38-31-39(44(51)52)53-48-38)47-43(46-41)36-25-27-37(28-26-36)49(5-2)6-3;1-2-5-3-4-1/h16-29,39H,4-15,30-31H2,1-3H3,(H,45,50)(H,46,47)(H,51,52);1-3H,(H,4,5). The van der Waals surface area contributed by atoms with Gasteiger partial charge >= 0.3 is 5.97 Å². The SMILES string of the molecule is CCCCCCCCCCCCNC(=O)C=Cc1ccc(-c2[nH]c(-c3ccc(N(CC)CC)cc3)nc2-c2ccc(C3=NOC(C(=O)O)C3)cc2)cc1.c1c[nH]cn1. The molecule has 0 spiro atoms. The molecule has 58 heavy (non-hydrogen) atoms. The van der Waals surface area contributed by atoms with E-state index < -0.39 is 12.1 Å². The molecule has 3 heterocycles. The summed E-state index contributed by atoms with van der Waals surface area (Å²) in [7, 11) is 0. The first-order valence-corrected chi connectivity index (χ1v) is 20.9. The van der Waals surface area contributed by atoms with Crippen molar-refractivity contribution in [3.05, 3.63) is 109 Å². The number of amides is 1. The van der Waals surface area contributed by atoms with Gasteiger partial charge in [0.25, 0.3) is 0 Å². The van der Waals surface area contributed by atoms with Gasteiger partial charge in [0, 0.05) is 66.9 Å². The Bertz CT molecular complexity index is 2000. The Morgan fingerprint density at radius 1 is 0.810 bits per heavy atom. The van der Waals surface area contributed by atoms with Crippen molar-refractivity contribution < 1.29 is 19.5 Å². The number of aromatic nitrogens is 4. The van der Waals surface area contributed by atoms with Crippen molar-refractivity contribution in [1.82, 2.24) is 25.3 Å². The zero-order valence-electron chi connectivity index (χ0n) is 34.3. The topological polar surface area (TPSA) is 149 Å². The molecule has 2 aromatic heterocycles. The van der Waals surface area contributed by atoms with Crippen molar-refractivity contribution in [3.8, 4) is 33.9 Å². The maximum Gasteiger partial charge on any atom is 0.348 e. The Morgan fingerprint density at radius 3 is 2.00 bits per heavy atom. The first kappa shape index (κ1) is 43.2. The number of carbonyl (C=O) groups excluding carboxylic acids is 1. The summed E-state index contributed by atoms with van der Waals surface area (Å²) in [5, 5.41) is 16.3. The number of oxime groups is 1. The number of hydrogen-bond acceptors (Lipinski definition) is 7. The van der Waals surface area contributed by atoms with Gasteiger partial charge in [-0.3, -0.25) is 4.79 Å². The number of rotatable bonds is 21. The monoisotopic (exact) mass is 785 g/mol. The summed E-state index contributed by atoms with van der Waals surface area (Å²) in [6.45, 7) is 9.13. The van der Waals surface area contributed by atoms with E-state index in [0.717, 1.165) is 71.0 Å². The van der Waals surface area contributed by atoms with Crippen LogP contribution in [0.2, 0.25) is 0 Å². The predicted molar refractivity (Wildman–Crippen MR) is 235 cm³/mol. The van der Waals surface area contributed by atoms with E-state index in [0.29, 0.717) is 12.3 Å². The lowest BCUT2D eigenvalue weighted by Gasteiger charge is -2.20. The number of nitrogens with zero attached hydrogens (tertiary/aromatic N) is 4. The number of imidazole rings is 2. The molecule has 4 N–H and O–H groups in total. The van der Waals surface area contributed by atoms with E-state index in [1.807, 2.05) is 54.6 Å². The molecule has 1 aliphatic heterocycles. The molecular weight excluding hydrogens is 727 g/mol. The van der Waals surface area contributed by atoms with Crippen molar-refractivity contribution >= 4 is 29.4 Å². The molecule has 1 atom stereocenters. The summed E-state index contributed by atoms with van der Waals surface area (Å²) in [6, 6.07) is 24.3. The molecule has 0 aliphatic carbocycles. The van der Waals surface area contributed by atoms with E-state index in [2.05, 4.69) is 75.4 Å². The first-order valence-electron chi connectivity index (χ1n) is 20.9. The molecule has 3 aromatic carbocycles. The molecule has 0 saturated carbocycles. The Labute approximate surface area is 343 Å². The summed E-state index contributed by atoms with van der Waals surface area (Å²) in [5.74, 6) is -0.343. The molecule has 1 aliphatic rings. The largest absolute Gasteiger partial charge is 0.478 e. The van der Waals surface area contributed by atoms with Crippen molar-refractivity contribution in [1.29, 1.82) is 0 Å². The Kier molecular flexibility index (Phi) is 17.3. The van der Waals surface area contributed by atoms with Crippen LogP contribution in [0.4, 0.5) is 5.69 Å². The fourth-order valence-electron chi connectivity index (χ4n) is 6.88. The molecule has 306 valence electrons. The molecule has 0 saturated heterocycles. The number of carboxylic acid groups (broad SMARTS) is 1. The van der Waals surface area contributed by atoms with Crippen LogP contribution in [0.5, 0.6) is 0 Å². The van der Waals surface area contributed by atoms with E-state index >= 15 is 0 Å². The van der Waals surface area contributed by atoms with Gasteiger partial charge in [-0.15, -0.1) is 0 Å². The molecule has 6 rings (SSSR count). The van der Waals surface area contributed by atoms with E-state index in [1.54, 1.807) is 24.8 Å². The van der Waals surface area contributed by atoms with Crippen LogP contribution in [0.3, 0.4) is 0 Å². The van der Waals surface area contributed by atoms with Gasteiger partial charge in [-0.2, -0.15) is 0 Å². The molecular formula is C47H59N7O4. The molecule has 5 aromatic rings. The number of hydrogen-bond donors (Lipinski definition) is 4. The number of aliphatic carboxylic acids is 1. The minimum absolute atomic E-state index is 0.0745. The van der Waals surface area contributed by atoms with E-state index in [9.17, 15) is 14.7 Å². The van der Waals surface area contributed by atoms with Crippen LogP contribution >= 0.6 is 0 Å². The average molecular weight is 786 g/mol. The first-order chi connectivity index (χ1) is 28.4. The molecule has 1 unspecified atom stereocenters. The average Bonchev–Trinajstić information content (AvgIpc) is 4.08. The van der Waals surface area contributed by atoms with Gasteiger partial charge in [0.2, 0.25) is 12.0 Å². The maximum absolute atomic E-state index is 12.5. The van der Waals surface area contributed by atoms with Crippen LogP contribution in [0, 0.1) is 0 Å². The number of nitrogens with one attached hydrogen (secondary N) is 3. The molecule has 0 fully saturated rings. The van der Waals surface area contributed by atoms with Crippen molar-refractivity contribution in [2.24, 2.45) is 5.16 Å². The lowest BCUT2D eigenvalue weighted by Crippen LogP contribution is -2.21. The third kappa shape index (κ3) is 13.0. The summed E-state index contributed by atoms with van der Waals surface area (Å²) in [4.78, 5) is 46.3. The fraction of sp³-hybridized carbons (Fsp3) is 0.383. The molecule has 0 bridgehead atoms. The maximum atomic E-state index is 12.5. The van der Waals surface area contributed by atoms with E-state index in [-0.39, 0.29) is 12.3 Å². The minimum Gasteiger partial charge on any atom is -0.478 e. The van der Waals surface area contributed by atoms with Crippen LogP contribution in [-0.2, 0) is 14.4 Å². The molecule has 0 radical (unpaired) electrons. The van der Waals surface area contributed by atoms with Gasteiger partial charge in [-0.05, 0) is 61.7 Å². The zero-order chi connectivity index (χ0) is 41.0. The highest BCUT2D eigenvalue weighted by atomic mass is 16.7. The smallest absolute Gasteiger partial charge is 0.348 e. The van der Waals surface area contributed by atoms with Gasteiger partial charge in [0.05, 0.1) is 23.4 Å². The second-order valence-electron chi connectivity index (χ2n) is 14.5. The van der Waals surface area contributed by atoms with Crippen molar-refractivity contribution in [2.45, 2.75) is 97.5 Å².